The molecule has 2 N–H and O–H groups in total. The van der Waals surface area contributed by atoms with Gasteiger partial charge in [0, 0.05) is 16.8 Å². The Balaban J connectivity index is 2.43. The van der Waals surface area contributed by atoms with Crippen molar-refractivity contribution >= 4 is 33.4 Å². The van der Waals surface area contributed by atoms with E-state index >= 15 is 0 Å². The number of hydrogen-bond donors (Lipinski definition) is 1. The van der Waals surface area contributed by atoms with Crippen LogP contribution in [0.1, 0.15) is 23.5 Å². The zero-order valence-electron chi connectivity index (χ0n) is 10.4. The molecule has 1 amide bonds. The summed E-state index contributed by atoms with van der Waals surface area (Å²) in [6, 6.07) is 12.0. The largest absolute Gasteiger partial charge is 0.370 e. The lowest BCUT2D eigenvalue weighted by Crippen LogP contribution is -2.16. The van der Waals surface area contributed by atoms with Crippen molar-refractivity contribution in [2.45, 2.75) is 12.3 Å². The Morgan fingerprint density at radius 3 is 2.35 bits per heavy atom. The second-order valence-corrected chi connectivity index (χ2v) is 5.77. The minimum atomic E-state index is -0.504. The van der Waals surface area contributed by atoms with Crippen LogP contribution >= 0.6 is 27.5 Å². The predicted molar refractivity (Wildman–Crippen MR) is 81.2 cm³/mol. The normalized spacial score (nSPS) is 12.2. The van der Waals surface area contributed by atoms with Crippen LogP contribution in [0.25, 0.3) is 0 Å². The maximum absolute atomic E-state index is 13.6. The van der Waals surface area contributed by atoms with Gasteiger partial charge in [0.2, 0.25) is 5.91 Å². The van der Waals surface area contributed by atoms with Gasteiger partial charge in [-0.3, -0.25) is 4.79 Å². The Morgan fingerprint density at radius 1 is 1.20 bits per heavy atom. The van der Waals surface area contributed by atoms with Gasteiger partial charge in [-0.05, 0) is 35.4 Å². The lowest BCUT2D eigenvalue weighted by molar-refractivity contribution is -0.118. The van der Waals surface area contributed by atoms with E-state index in [0.717, 1.165) is 10.0 Å². The zero-order valence-corrected chi connectivity index (χ0v) is 12.8. The van der Waals surface area contributed by atoms with Crippen LogP contribution in [0.15, 0.2) is 46.9 Å². The average molecular weight is 357 g/mol. The molecule has 0 radical (unpaired) electrons. The molecule has 2 aromatic rings. The molecule has 0 saturated heterocycles. The number of amides is 1. The number of nitrogens with two attached hydrogens (primary N) is 1. The smallest absolute Gasteiger partial charge is 0.218 e. The highest BCUT2D eigenvalue weighted by atomic mass is 79.9. The van der Waals surface area contributed by atoms with Crippen molar-refractivity contribution in [2.75, 3.05) is 0 Å². The van der Waals surface area contributed by atoms with Crippen LogP contribution in [0.5, 0.6) is 0 Å². The maximum atomic E-state index is 13.6. The first-order valence-electron chi connectivity index (χ1n) is 5.96. The molecule has 0 aliphatic heterocycles. The van der Waals surface area contributed by atoms with Crippen LogP contribution in [0.4, 0.5) is 4.39 Å². The van der Waals surface area contributed by atoms with E-state index in [2.05, 4.69) is 15.9 Å². The fourth-order valence-electron chi connectivity index (χ4n) is 2.05. The SMILES string of the molecule is NC(=O)CC(c1ccc(Br)cc1)c1ccc(Cl)c(F)c1. The molecule has 1 unspecified atom stereocenters. The van der Waals surface area contributed by atoms with Crippen LogP contribution in [0, 0.1) is 5.82 Å². The number of carbonyl (C=O) groups excluding carboxylic acids is 1. The number of benzene rings is 2. The highest BCUT2D eigenvalue weighted by Gasteiger charge is 2.18. The first-order chi connectivity index (χ1) is 9.47. The van der Waals surface area contributed by atoms with E-state index in [1.54, 1.807) is 6.07 Å². The van der Waals surface area contributed by atoms with Gasteiger partial charge in [0.1, 0.15) is 5.82 Å². The molecule has 2 rings (SSSR count). The molecule has 0 heterocycles. The fraction of sp³-hybridized carbons (Fsp3) is 0.133. The van der Waals surface area contributed by atoms with E-state index in [4.69, 9.17) is 17.3 Å². The molecule has 20 heavy (non-hydrogen) atoms. The molecule has 0 bridgehead atoms. The summed E-state index contributed by atoms with van der Waals surface area (Å²) in [4.78, 5) is 11.3. The monoisotopic (exact) mass is 355 g/mol. The molecule has 1 atom stereocenters. The van der Waals surface area contributed by atoms with Crippen LogP contribution in [-0.4, -0.2) is 5.91 Å². The summed E-state index contributed by atoms with van der Waals surface area (Å²) in [6.45, 7) is 0. The molecule has 0 aliphatic carbocycles. The highest BCUT2D eigenvalue weighted by molar-refractivity contribution is 9.10. The average Bonchev–Trinajstić information content (AvgIpc) is 2.40. The van der Waals surface area contributed by atoms with Crippen LogP contribution in [0.3, 0.4) is 0 Å². The minimum absolute atomic E-state index is 0.0578. The molecule has 0 aromatic heterocycles. The quantitative estimate of drug-likeness (QED) is 0.874. The Bertz CT molecular complexity index is 630. The second kappa shape index (κ2) is 6.37. The van der Waals surface area contributed by atoms with Gasteiger partial charge in [-0.25, -0.2) is 4.39 Å². The van der Waals surface area contributed by atoms with Crippen molar-refractivity contribution in [1.82, 2.24) is 0 Å². The van der Waals surface area contributed by atoms with Crippen molar-refractivity contribution in [2.24, 2.45) is 5.73 Å². The van der Waals surface area contributed by atoms with Crippen molar-refractivity contribution in [1.29, 1.82) is 0 Å². The van der Waals surface area contributed by atoms with Crippen LogP contribution in [0.2, 0.25) is 5.02 Å². The molecule has 2 aromatic carbocycles. The lowest BCUT2D eigenvalue weighted by Gasteiger charge is -2.17. The first-order valence-corrected chi connectivity index (χ1v) is 7.13. The third-order valence-electron chi connectivity index (χ3n) is 3.02. The number of hydrogen-bond acceptors (Lipinski definition) is 1. The van der Waals surface area contributed by atoms with Gasteiger partial charge in [0.15, 0.2) is 0 Å². The van der Waals surface area contributed by atoms with Crippen molar-refractivity contribution < 1.29 is 9.18 Å². The first kappa shape index (κ1) is 15.0. The van der Waals surface area contributed by atoms with Gasteiger partial charge in [0.05, 0.1) is 5.02 Å². The number of primary amides is 1. The topological polar surface area (TPSA) is 43.1 Å². The van der Waals surface area contributed by atoms with Gasteiger partial charge in [-0.1, -0.05) is 45.7 Å². The molecular formula is C15H12BrClFNO. The van der Waals surface area contributed by atoms with Crippen LogP contribution in [-0.2, 0) is 4.79 Å². The molecule has 0 fully saturated rings. The van der Waals surface area contributed by atoms with E-state index < -0.39 is 11.7 Å². The van der Waals surface area contributed by atoms with Crippen molar-refractivity contribution in [3.05, 3.63) is 68.9 Å². The predicted octanol–water partition coefficient (Wildman–Crippen LogP) is 4.25. The zero-order chi connectivity index (χ0) is 14.7. The molecule has 5 heteroatoms. The van der Waals surface area contributed by atoms with Gasteiger partial charge < -0.3 is 5.73 Å². The molecule has 104 valence electrons. The fourth-order valence-corrected chi connectivity index (χ4v) is 2.44. The summed E-state index contributed by atoms with van der Waals surface area (Å²) in [5.41, 5.74) is 6.87. The summed E-state index contributed by atoms with van der Waals surface area (Å²) in [6.07, 6.45) is 0.114. The summed E-state index contributed by atoms with van der Waals surface area (Å²) in [5, 5.41) is 0.0578. The lowest BCUT2D eigenvalue weighted by atomic mass is 9.88. The molecule has 0 saturated carbocycles. The number of carbonyl (C=O) groups is 1. The summed E-state index contributed by atoms with van der Waals surface area (Å²) in [7, 11) is 0. The molecule has 0 spiro atoms. The minimum Gasteiger partial charge on any atom is -0.370 e. The standard InChI is InChI=1S/C15H12BrClFNO/c16-11-4-1-9(2-5-11)12(8-15(19)20)10-3-6-13(17)14(18)7-10/h1-7,12H,8H2,(H2,19,20). The third kappa shape index (κ3) is 3.58. The summed E-state index contributed by atoms with van der Waals surface area (Å²) in [5.74, 6) is -1.23. The van der Waals surface area contributed by atoms with Gasteiger partial charge in [-0.15, -0.1) is 0 Å². The second-order valence-electron chi connectivity index (χ2n) is 4.45. The van der Waals surface area contributed by atoms with E-state index in [9.17, 15) is 9.18 Å². The van der Waals surface area contributed by atoms with Gasteiger partial charge in [-0.2, -0.15) is 0 Å². The van der Waals surface area contributed by atoms with Crippen LogP contribution < -0.4 is 5.73 Å². The third-order valence-corrected chi connectivity index (χ3v) is 3.86. The van der Waals surface area contributed by atoms with Crippen molar-refractivity contribution in [3.8, 4) is 0 Å². The van der Waals surface area contributed by atoms with E-state index in [1.165, 1.54) is 12.1 Å². The Morgan fingerprint density at radius 2 is 1.80 bits per heavy atom. The summed E-state index contributed by atoms with van der Waals surface area (Å²) >= 11 is 9.04. The highest BCUT2D eigenvalue weighted by Crippen LogP contribution is 2.30. The Hall–Kier alpha value is -1.39. The number of halogens is 3. The molecular weight excluding hydrogens is 345 g/mol. The van der Waals surface area contributed by atoms with E-state index in [1.807, 2.05) is 24.3 Å². The van der Waals surface area contributed by atoms with Gasteiger partial charge in [0.25, 0.3) is 0 Å². The summed E-state index contributed by atoms with van der Waals surface area (Å²) < 4.78 is 14.5. The van der Waals surface area contributed by atoms with Gasteiger partial charge >= 0.3 is 0 Å². The molecule has 2 nitrogen and oxygen atoms in total. The number of rotatable bonds is 4. The molecule has 0 aliphatic rings. The van der Waals surface area contributed by atoms with E-state index in [0.29, 0.717) is 5.56 Å². The van der Waals surface area contributed by atoms with Crippen molar-refractivity contribution in [3.63, 3.8) is 0 Å². The Labute approximate surface area is 129 Å². The van der Waals surface area contributed by atoms with E-state index in [-0.39, 0.29) is 17.4 Å². The Kier molecular flexibility index (Phi) is 4.78. The maximum Gasteiger partial charge on any atom is 0.218 e.